The highest BCUT2D eigenvalue weighted by molar-refractivity contribution is 5.85. The Labute approximate surface area is 61.4 Å². The molecule has 0 radical (unpaired) electrons. The second-order valence-electron chi connectivity index (χ2n) is 2.68. The number of nitrogens with one attached hydrogen (secondary N) is 1. The molecule has 0 unspecified atom stereocenters. The van der Waals surface area contributed by atoms with E-state index >= 15 is 0 Å². The van der Waals surface area contributed by atoms with Crippen LogP contribution in [-0.2, 0) is 4.74 Å². The zero-order valence-electron chi connectivity index (χ0n) is 5.30. The first-order valence-corrected chi connectivity index (χ1v) is 3.29. The minimum atomic E-state index is 0. The minimum absolute atomic E-state index is 0. The van der Waals surface area contributed by atoms with Gasteiger partial charge in [-0.15, -0.1) is 12.4 Å². The predicted octanol–water partition coefficient (Wildman–Crippen LogP) is 0.559. The van der Waals surface area contributed by atoms with Crippen LogP contribution in [0.1, 0.15) is 12.8 Å². The summed E-state index contributed by atoms with van der Waals surface area (Å²) in [5.74, 6) is 0. The van der Waals surface area contributed by atoms with E-state index < -0.39 is 0 Å². The lowest BCUT2D eigenvalue weighted by Gasteiger charge is -2.26. The maximum atomic E-state index is 5.00. The molecule has 2 nitrogen and oxygen atoms in total. The summed E-state index contributed by atoms with van der Waals surface area (Å²) in [5.41, 5.74) is 0. The monoisotopic (exact) mass is 149 g/mol. The van der Waals surface area contributed by atoms with Crippen molar-refractivity contribution in [3.8, 4) is 0 Å². The van der Waals surface area contributed by atoms with E-state index in [4.69, 9.17) is 4.74 Å². The van der Waals surface area contributed by atoms with Crippen LogP contribution in [0.25, 0.3) is 0 Å². The van der Waals surface area contributed by atoms with E-state index in [-0.39, 0.29) is 12.4 Å². The highest BCUT2D eigenvalue weighted by Crippen LogP contribution is 2.20. The van der Waals surface area contributed by atoms with Crippen LogP contribution in [0.5, 0.6) is 0 Å². The third-order valence-electron chi connectivity index (χ3n) is 1.69. The van der Waals surface area contributed by atoms with Crippen molar-refractivity contribution in [1.82, 2.24) is 5.32 Å². The molecule has 1 N–H and O–H groups in total. The molecular formula is C6H12ClNO. The van der Waals surface area contributed by atoms with Crippen molar-refractivity contribution < 1.29 is 4.74 Å². The smallest absolute Gasteiger partial charge is 0.0643 e. The van der Waals surface area contributed by atoms with Crippen LogP contribution < -0.4 is 5.32 Å². The molecule has 1 aliphatic heterocycles. The van der Waals surface area contributed by atoms with Crippen LogP contribution in [0.2, 0.25) is 0 Å². The molecular weight excluding hydrogens is 138 g/mol. The highest BCUT2D eigenvalue weighted by Gasteiger charge is 2.27. The molecule has 54 valence electrons. The van der Waals surface area contributed by atoms with Gasteiger partial charge in [-0.3, -0.25) is 0 Å². The van der Waals surface area contributed by atoms with E-state index in [2.05, 4.69) is 5.32 Å². The molecule has 2 aliphatic rings. The highest BCUT2D eigenvalue weighted by atomic mass is 35.5. The number of hydrogen-bond acceptors (Lipinski definition) is 2. The second kappa shape index (κ2) is 2.86. The van der Waals surface area contributed by atoms with Crippen molar-refractivity contribution in [2.45, 2.75) is 24.9 Å². The Morgan fingerprint density at radius 1 is 1.11 bits per heavy atom. The lowest BCUT2D eigenvalue weighted by molar-refractivity contribution is -0.00582. The molecule has 0 amide bonds. The van der Waals surface area contributed by atoms with Gasteiger partial charge in [0.25, 0.3) is 0 Å². The van der Waals surface area contributed by atoms with Gasteiger partial charge in [-0.25, -0.2) is 0 Å². The van der Waals surface area contributed by atoms with Crippen molar-refractivity contribution in [2.24, 2.45) is 0 Å². The fraction of sp³-hybridized carbons (Fsp3) is 1.00. The van der Waals surface area contributed by atoms with Gasteiger partial charge in [-0.05, 0) is 12.8 Å². The Balaban J connectivity index is 0.000000405. The standard InChI is InChI=1S/C6H11NO.ClH/c1-2-5(1)7-6-3-8-4-6;/h5-7H,1-4H2;1H. The molecule has 0 bridgehead atoms. The lowest BCUT2D eigenvalue weighted by Crippen LogP contribution is -2.46. The summed E-state index contributed by atoms with van der Waals surface area (Å²) in [4.78, 5) is 0. The fourth-order valence-corrected chi connectivity index (χ4v) is 0.915. The Bertz CT molecular complexity index is 91.1. The van der Waals surface area contributed by atoms with E-state index in [1.807, 2.05) is 0 Å². The third kappa shape index (κ3) is 1.81. The Kier molecular flexibility index (Phi) is 2.33. The van der Waals surface area contributed by atoms with Crippen molar-refractivity contribution in [3.05, 3.63) is 0 Å². The van der Waals surface area contributed by atoms with Gasteiger partial charge >= 0.3 is 0 Å². The van der Waals surface area contributed by atoms with Gasteiger partial charge in [-0.2, -0.15) is 0 Å². The van der Waals surface area contributed by atoms with Crippen molar-refractivity contribution in [2.75, 3.05) is 13.2 Å². The summed E-state index contributed by atoms with van der Waals surface area (Å²) in [6, 6.07) is 1.55. The second-order valence-corrected chi connectivity index (χ2v) is 2.68. The molecule has 0 aromatic rings. The number of hydrogen-bond donors (Lipinski definition) is 1. The predicted molar refractivity (Wildman–Crippen MR) is 38.0 cm³/mol. The van der Waals surface area contributed by atoms with Crippen LogP contribution in [-0.4, -0.2) is 25.3 Å². The molecule has 0 aromatic heterocycles. The van der Waals surface area contributed by atoms with Crippen molar-refractivity contribution >= 4 is 12.4 Å². The molecule has 1 saturated heterocycles. The third-order valence-corrected chi connectivity index (χ3v) is 1.69. The average Bonchev–Trinajstić information content (AvgIpc) is 2.36. The normalized spacial score (nSPS) is 26.7. The van der Waals surface area contributed by atoms with Crippen LogP contribution in [0, 0.1) is 0 Å². The van der Waals surface area contributed by atoms with E-state index in [0.29, 0.717) is 6.04 Å². The fourth-order valence-electron chi connectivity index (χ4n) is 0.915. The molecule has 0 atom stereocenters. The summed E-state index contributed by atoms with van der Waals surface area (Å²) in [5, 5.41) is 3.47. The van der Waals surface area contributed by atoms with Gasteiger partial charge in [0, 0.05) is 6.04 Å². The Hall–Kier alpha value is 0.210. The SMILES string of the molecule is C1CC1NC1COC1.Cl. The van der Waals surface area contributed by atoms with E-state index in [0.717, 1.165) is 19.3 Å². The number of halogens is 1. The van der Waals surface area contributed by atoms with Crippen molar-refractivity contribution in [1.29, 1.82) is 0 Å². The molecule has 1 saturated carbocycles. The van der Waals surface area contributed by atoms with Gasteiger partial charge < -0.3 is 10.1 Å². The summed E-state index contributed by atoms with van der Waals surface area (Å²) < 4.78 is 5.00. The van der Waals surface area contributed by atoms with Crippen molar-refractivity contribution in [3.63, 3.8) is 0 Å². The Morgan fingerprint density at radius 3 is 2.11 bits per heavy atom. The number of rotatable bonds is 2. The summed E-state index contributed by atoms with van der Waals surface area (Å²) in [7, 11) is 0. The maximum Gasteiger partial charge on any atom is 0.0643 e. The minimum Gasteiger partial charge on any atom is -0.378 e. The first-order valence-electron chi connectivity index (χ1n) is 3.29. The first-order chi connectivity index (χ1) is 3.95. The summed E-state index contributed by atoms with van der Waals surface area (Å²) in [6.45, 7) is 1.88. The van der Waals surface area contributed by atoms with E-state index in [9.17, 15) is 0 Å². The van der Waals surface area contributed by atoms with Gasteiger partial charge in [0.1, 0.15) is 0 Å². The van der Waals surface area contributed by atoms with Crippen LogP contribution in [0.4, 0.5) is 0 Å². The zero-order chi connectivity index (χ0) is 5.40. The molecule has 0 aromatic carbocycles. The average molecular weight is 150 g/mol. The van der Waals surface area contributed by atoms with Crippen LogP contribution in [0.3, 0.4) is 0 Å². The van der Waals surface area contributed by atoms with Gasteiger partial charge in [0.05, 0.1) is 19.3 Å². The molecule has 3 heteroatoms. The lowest BCUT2D eigenvalue weighted by atomic mass is 10.2. The molecule has 2 rings (SSSR count). The Morgan fingerprint density at radius 2 is 1.78 bits per heavy atom. The zero-order valence-corrected chi connectivity index (χ0v) is 6.12. The number of ether oxygens (including phenoxy) is 1. The van der Waals surface area contributed by atoms with Crippen LogP contribution >= 0.6 is 12.4 Å². The van der Waals surface area contributed by atoms with E-state index in [1.54, 1.807) is 0 Å². The summed E-state index contributed by atoms with van der Waals surface area (Å²) in [6.07, 6.45) is 2.77. The molecule has 1 heterocycles. The van der Waals surface area contributed by atoms with Crippen LogP contribution in [0.15, 0.2) is 0 Å². The first kappa shape index (κ1) is 7.32. The largest absolute Gasteiger partial charge is 0.378 e. The van der Waals surface area contributed by atoms with E-state index in [1.165, 1.54) is 12.8 Å². The molecule has 2 fully saturated rings. The molecule has 9 heavy (non-hydrogen) atoms. The maximum absolute atomic E-state index is 5.00. The van der Waals surface area contributed by atoms with Gasteiger partial charge in [-0.1, -0.05) is 0 Å². The summed E-state index contributed by atoms with van der Waals surface area (Å²) >= 11 is 0. The molecule has 1 aliphatic carbocycles. The quantitative estimate of drug-likeness (QED) is 0.620. The topological polar surface area (TPSA) is 21.3 Å². The van der Waals surface area contributed by atoms with Gasteiger partial charge in [0.2, 0.25) is 0 Å². The van der Waals surface area contributed by atoms with Gasteiger partial charge in [0.15, 0.2) is 0 Å². The molecule has 0 spiro atoms.